The van der Waals surface area contributed by atoms with Crippen molar-refractivity contribution < 1.29 is 13.9 Å². The van der Waals surface area contributed by atoms with Crippen molar-refractivity contribution in [3.63, 3.8) is 0 Å². The smallest absolute Gasteiger partial charge is 0.251 e. The molecule has 1 atom stereocenters. The number of pyridine rings is 1. The number of aryl methyl sites for hydroxylation is 2. The zero-order valence-electron chi connectivity index (χ0n) is 24.3. The van der Waals surface area contributed by atoms with Crippen LogP contribution in [0.3, 0.4) is 0 Å². The molecule has 4 aromatic rings. The number of ether oxygens (including phenoxy) is 1. The Kier molecular flexibility index (Phi) is 8.08. The summed E-state index contributed by atoms with van der Waals surface area (Å²) in [6.45, 7) is 8.99. The molecule has 1 heterocycles. The molecule has 1 aliphatic carbocycles. The van der Waals surface area contributed by atoms with Gasteiger partial charge in [-0.3, -0.25) is 4.79 Å². The van der Waals surface area contributed by atoms with Crippen LogP contribution in [-0.4, -0.2) is 30.6 Å². The Morgan fingerprint density at radius 1 is 1.05 bits per heavy atom. The summed E-state index contributed by atoms with van der Waals surface area (Å²) in [4.78, 5) is 19.7. The van der Waals surface area contributed by atoms with E-state index in [0.717, 1.165) is 33.8 Å². The molecule has 0 aliphatic heterocycles. The molecule has 0 radical (unpaired) electrons. The summed E-state index contributed by atoms with van der Waals surface area (Å²) in [5.74, 6) is 0.135. The molecular formula is C34H37FN4O2. The van der Waals surface area contributed by atoms with Gasteiger partial charge in [0.2, 0.25) is 0 Å². The summed E-state index contributed by atoms with van der Waals surface area (Å²) in [7, 11) is 1.71. The number of hydrogen-bond acceptors (Lipinski definition) is 5. The Balaban J connectivity index is 1.44. The molecule has 3 aromatic carbocycles. The van der Waals surface area contributed by atoms with Crippen LogP contribution in [0.2, 0.25) is 0 Å². The third-order valence-electron chi connectivity index (χ3n) is 7.88. The van der Waals surface area contributed by atoms with E-state index in [9.17, 15) is 9.18 Å². The number of methoxy groups -OCH3 is 1. The van der Waals surface area contributed by atoms with Gasteiger partial charge in [-0.1, -0.05) is 18.2 Å². The number of aromatic nitrogens is 1. The highest BCUT2D eigenvalue weighted by atomic mass is 19.1. The lowest BCUT2D eigenvalue weighted by Gasteiger charge is -2.33. The maximum Gasteiger partial charge on any atom is 0.251 e. The van der Waals surface area contributed by atoms with Crippen LogP contribution in [0.1, 0.15) is 69.2 Å². The monoisotopic (exact) mass is 552 g/mol. The van der Waals surface area contributed by atoms with E-state index < -0.39 is 0 Å². The van der Waals surface area contributed by atoms with E-state index in [4.69, 9.17) is 10.5 Å². The molecule has 1 aliphatic rings. The number of hydrogen-bond donors (Lipinski definition) is 2. The van der Waals surface area contributed by atoms with Crippen molar-refractivity contribution >= 4 is 23.1 Å². The lowest BCUT2D eigenvalue weighted by molar-refractivity contribution is 0.0950. The first-order valence-corrected chi connectivity index (χ1v) is 14.0. The average Bonchev–Trinajstić information content (AvgIpc) is 2.92. The van der Waals surface area contributed by atoms with Crippen molar-refractivity contribution in [3.05, 3.63) is 117 Å². The van der Waals surface area contributed by atoms with Gasteiger partial charge in [0.25, 0.3) is 5.91 Å². The summed E-state index contributed by atoms with van der Waals surface area (Å²) in [6.07, 6.45) is 0.690. The summed E-state index contributed by atoms with van der Waals surface area (Å²) in [5.41, 5.74) is 15.7. The van der Waals surface area contributed by atoms with Gasteiger partial charge in [0.05, 0.1) is 6.61 Å². The van der Waals surface area contributed by atoms with Crippen molar-refractivity contribution in [1.82, 2.24) is 10.3 Å². The summed E-state index contributed by atoms with van der Waals surface area (Å²) < 4.78 is 19.8. The Labute approximate surface area is 241 Å². The van der Waals surface area contributed by atoms with Crippen LogP contribution in [0.4, 0.5) is 21.6 Å². The predicted octanol–water partition coefficient (Wildman–Crippen LogP) is 6.58. The number of benzene rings is 3. The second-order valence-electron chi connectivity index (χ2n) is 11.0. The number of rotatable bonds is 8. The van der Waals surface area contributed by atoms with E-state index in [0.29, 0.717) is 31.0 Å². The van der Waals surface area contributed by atoms with Crippen LogP contribution in [0.15, 0.2) is 66.7 Å². The molecule has 6 nitrogen and oxygen atoms in total. The van der Waals surface area contributed by atoms with Crippen molar-refractivity contribution in [2.24, 2.45) is 0 Å². The first-order chi connectivity index (χ1) is 19.7. The van der Waals surface area contributed by atoms with Gasteiger partial charge >= 0.3 is 0 Å². The quantitative estimate of drug-likeness (QED) is 0.258. The number of nitrogens with zero attached hydrogens (tertiary/aromatic N) is 2. The number of nitrogens with two attached hydrogens (primary N) is 1. The molecule has 1 amide bonds. The van der Waals surface area contributed by atoms with Gasteiger partial charge in [-0.25, -0.2) is 9.37 Å². The minimum absolute atomic E-state index is 0.0535. The molecule has 41 heavy (non-hydrogen) atoms. The van der Waals surface area contributed by atoms with Gasteiger partial charge < -0.3 is 20.7 Å². The van der Waals surface area contributed by atoms with E-state index in [-0.39, 0.29) is 23.7 Å². The topological polar surface area (TPSA) is 80.5 Å². The molecule has 5 rings (SSSR count). The summed E-state index contributed by atoms with van der Waals surface area (Å²) in [5, 5.41) is 3.06. The average molecular weight is 553 g/mol. The Morgan fingerprint density at radius 3 is 2.44 bits per heavy atom. The normalized spacial score (nSPS) is 14.0. The van der Waals surface area contributed by atoms with Crippen LogP contribution in [0.5, 0.6) is 0 Å². The van der Waals surface area contributed by atoms with Gasteiger partial charge in [0, 0.05) is 48.2 Å². The summed E-state index contributed by atoms with van der Waals surface area (Å²) >= 11 is 0. The van der Waals surface area contributed by atoms with Crippen LogP contribution < -0.4 is 16.0 Å². The van der Waals surface area contributed by atoms with Crippen molar-refractivity contribution in [2.45, 2.75) is 52.6 Å². The molecule has 3 N–H and O–H groups in total. The summed E-state index contributed by atoms with van der Waals surface area (Å²) in [6, 6.07) is 21.1. The van der Waals surface area contributed by atoms with Crippen molar-refractivity contribution in [3.8, 4) is 0 Å². The second kappa shape index (κ2) is 11.7. The number of anilines is 3. The molecule has 7 heteroatoms. The van der Waals surface area contributed by atoms with E-state index in [1.807, 2.05) is 38.1 Å². The molecule has 0 unspecified atom stereocenters. The van der Waals surface area contributed by atoms with E-state index in [2.05, 4.69) is 53.3 Å². The molecule has 0 spiro atoms. The lowest BCUT2D eigenvalue weighted by Crippen LogP contribution is -2.27. The maximum atomic E-state index is 14.1. The van der Waals surface area contributed by atoms with Gasteiger partial charge in [-0.05, 0) is 116 Å². The van der Waals surface area contributed by atoms with Gasteiger partial charge in [0.1, 0.15) is 11.6 Å². The lowest BCUT2D eigenvalue weighted by atomic mass is 9.77. The molecule has 0 fully saturated rings. The third kappa shape index (κ3) is 5.81. The maximum absolute atomic E-state index is 14.1. The van der Waals surface area contributed by atoms with Crippen LogP contribution in [0.25, 0.3) is 0 Å². The van der Waals surface area contributed by atoms with Gasteiger partial charge in [0.15, 0.2) is 0 Å². The number of carbonyl (C=O) groups is 1. The highest BCUT2D eigenvalue weighted by Gasteiger charge is 2.28. The fraction of sp³-hybridized carbons (Fsp3) is 0.294. The predicted molar refractivity (Wildman–Crippen MR) is 162 cm³/mol. The van der Waals surface area contributed by atoms with Crippen LogP contribution >= 0.6 is 0 Å². The minimum Gasteiger partial charge on any atom is -0.384 e. The second-order valence-corrected chi connectivity index (χ2v) is 11.0. The molecular weight excluding hydrogens is 515 g/mol. The molecule has 0 saturated carbocycles. The number of nitrogen functional groups attached to an aromatic ring is 1. The highest BCUT2D eigenvalue weighted by Crippen LogP contribution is 2.40. The minimum atomic E-state index is -0.260. The number of carbonyl (C=O) groups excluding carboxylic acids is 1. The van der Waals surface area contributed by atoms with E-state index in [1.54, 1.807) is 19.2 Å². The highest BCUT2D eigenvalue weighted by molar-refractivity contribution is 5.94. The zero-order valence-corrected chi connectivity index (χ0v) is 24.3. The van der Waals surface area contributed by atoms with Crippen molar-refractivity contribution in [2.75, 3.05) is 24.4 Å². The Bertz CT molecular complexity index is 1580. The van der Waals surface area contributed by atoms with E-state index >= 15 is 0 Å². The number of fused-ring (bicyclic) bond motifs is 2. The number of amides is 1. The van der Waals surface area contributed by atoms with E-state index in [1.165, 1.54) is 22.8 Å². The Hall–Kier alpha value is -4.23. The molecule has 0 bridgehead atoms. The molecule has 212 valence electrons. The Morgan fingerprint density at radius 2 is 1.76 bits per heavy atom. The van der Waals surface area contributed by atoms with Crippen LogP contribution in [-0.2, 0) is 17.7 Å². The SMILES string of the molecule is COC[C@@H]1c2ccc(C(=O)NCc3c(C)cc(N)nc3C)cc2Cc2cc(N(c3cccc(F)c3)C(C)C)ccc21. The fourth-order valence-electron chi connectivity index (χ4n) is 5.99. The van der Waals surface area contributed by atoms with Gasteiger partial charge in [-0.15, -0.1) is 0 Å². The number of halogens is 1. The van der Waals surface area contributed by atoms with Crippen LogP contribution in [0, 0.1) is 19.7 Å². The standard InChI is InChI=1S/C34H37FN4O2/c1-20(2)39(27-8-6-7-26(35)17-27)28-10-12-30-25(16-28)15-24-14-23(9-11-29(24)32(30)19-41-5)34(40)37-18-31-21(3)13-33(36)38-22(31)4/h6-14,16-17,20,32H,15,18-19H2,1-5H3,(H2,36,38)(H,37,40)/t32-/m1/s1. The molecule has 0 saturated heterocycles. The fourth-order valence-corrected chi connectivity index (χ4v) is 5.99. The first-order valence-electron chi connectivity index (χ1n) is 14.0. The largest absolute Gasteiger partial charge is 0.384 e. The number of nitrogens with one attached hydrogen (secondary N) is 1. The van der Waals surface area contributed by atoms with Gasteiger partial charge in [-0.2, -0.15) is 0 Å². The first kappa shape index (κ1) is 28.3. The van der Waals surface area contributed by atoms with Crippen molar-refractivity contribution in [1.29, 1.82) is 0 Å². The zero-order chi connectivity index (χ0) is 29.3. The molecule has 1 aromatic heterocycles. The third-order valence-corrected chi connectivity index (χ3v) is 7.88.